The number of ether oxygens (including phenoxy) is 1. The Morgan fingerprint density at radius 2 is 2.04 bits per heavy atom. The Morgan fingerprint density at radius 1 is 1.31 bits per heavy atom. The summed E-state index contributed by atoms with van der Waals surface area (Å²) in [6, 6.07) is 12.2. The van der Waals surface area contributed by atoms with E-state index < -0.39 is 10.0 Å². The molecule has 1 amide bonds. The van der Waals surface area contributed by atoms with Gasteiger partial charge in [0.05, 0.1) is 17.8 Å². The number of thioether (sulfide) groups is 1. The van der Waals surface area contributed by atoms with Gasteiger partial charge >= 0.3 is 0 Å². The van der Waals surface area contributed by atoms with Crippen molar-refractivity contribution < 1.29 is 17.9 Å². The number of carbonyl (C=O) groups excluding carboxylic acids is 1. The van der Waals surface area contributed by atoms with Gasteiger partial charge in [0.2, 0.25) is 15.9 Å². The molecule has 1 unspecified atom stereocenters. The molecule has 2 aromatic rings. The van der Waals surface area contributed by atoms with E-state index in [1.165, 1.54) is 17.8 Å². The van der Waals surface area contributed by atoms with Crippen molar-refractivity contribution in [2.75, 3.05) is 17.8 Å². The summed E-state index contributed by atoms with van der Waals surface area (Å²) < 4.78 is 28.4. The summed E-state index contributed by atoms with van der Waals surface area (Å²) in [6.45, 7) is 1.95. The van der Waals surface area contributed by atoms with E-state index in [0.717, 1.165) is 21.9 Å². The van der Waals surface area contributed by atoms with Crippen LogP contribution in [0.5, 0.6) is 5.75 Å². The molecule has 8 heteroatoms. The highest BCUT2D eigenvalue weighted by Gasteiger charge is 2.31. The summed E-state index contributed by atoms with van der Waals surface area (Å²) in [6.07, 6.45) is 0.601. The number of rotatable bonds is 5. The minimum atomic E-state index is -3.76. The zero-order valence-corrected chi connectivity index (χ0v) is 16.1. The molecule has 2 aromatic carbocycles. The van der Waals surface area contributed by atoms with Gasteiger partial charge in [-0.3, -0.25) is 4.79 Å². The maximum Gasteiger partial charge on any atom is 0.238 e. The molecular weight excluding hydrogens is 372 g/mol. The van der Waals surface area contributed by atoms with E-state index in [-0.39, 0.29) is 22.6 Å². The highest BCUT2D eigenvalue weighted by molar-refractivity contribution is 8.00. The van der Waals surface area contributed by atoms with Gasteiger partial charge < -0.3 is 9.64 Å². The van der Waals surface area contributed by atoms with E-state index in [1.807, 2.05) is 31.2 Å². The van der Waals surface area contributed by atoms with Crippen molar-refractivity contribution in [2.24, 2.45) is 5.14 Å². The molecular formula is C18H20N2O4S2. The average molecular weight is 393 g/mol. The molecule has 0 saturated carbocycles. The van der Waals surface area contributed by atoms with Crippen molar-refractivity contribution in [3.63, 3.8) is 0 Å². The van der Waals surface area contributed by atoms with Gasteiger partial charge in [0.15, 0.2) is 0 Å². The molecule has 1 aliphatic heterocycles. The van der Waals surface area contributed by atoms with E-state index >= 15 is 0 Å². The number of nitrogens with zero attached hydrogens (tertiary/aromatic N) is 1. The first-order valence-electron chi connectivity index (χ1n) is 8.05. The lowest BCUT2D eigenvalue weighted by molar-refractivity contribution is -0.116. The summed E-state index contributed by atoms with van der Waals surface area (Å²) >= 11 is 1.42. The molecule has 0 fully saturated rings. The second kappa shape index (κ2) is 7.30. The number of fused-ring (bicyclic) bond motifs is 1. The van der Waals surface area contributed by atoms with Gasteiger partial charge in [-0.2, -0.15) is 0 Å². The maximum atomic E-state index is 12.8. The number of primary sulfonamides is 1. The van der Waals surface area contributed by atoms with E-state index in [1.54, 1.807) is 24.1 Å². The molecule has 0 bridgehead atoms. The summed E-state index contributed by atoms with van der Waals surface area (Å²) in [7, 11) is -2.15. The second-order valence-corrected chi connectivity index (χ2v) is 8.67. The third kappa shape index (κ3) is 3.72. The molecule has 0 spiro atoms. The first-order chi connectivity index (χ1) is 12.3. The molecule has 0 saturated heterocycles. The van der Waals surface area contributed by atoms with Crippen LogP contribution in [0.4, 0.5) is 5.69 Å². The van der Waals surface area contributed by atoms with Crippen molar-refractivity contribution in [3.8, 4) is 5.75 Å². The molecule has 1 aliphatic rings. The number of hydrogen-bond donors (Lipinski definition) is 1. The van der Waals surface area contributed by atoms with Crippen molar-refractivity contribution in [1.29, 1.82) is 0 Å². The van der Waals surface area contributed by atoms with Crippen molar-refractivity contribution in [3.05, 3.63) is 48.0 Å². The number of sulfonamides is 1. The van der Waals surface area contributed by atoms with E-state index in [4.69, 9.17) is 9.88 Å². The molecule has 0 aliphatic carbocycles. The van der Waals surface area contributed by atoms with Gasteiger partial charge in [0.25, 0.3) is 0 Å². The number of anilines is 1. The normalized spacial score (nSPS) is 16.4. The fourth-order valence-electron chi connectivity index (χ4n) is 3.11. The van der Waals surface area contributed by atoms with Gasteiger partial charge in [-0.15, -0.1) is 11.8 Å². The molecule has 1 atom stereocenters. The third-order valence-electron chi connectivity index (χ3n) is 4.28. The van der Waals surface area contributed by atoms with Crippen LogP contribution in [0.2, 0.25) is 0 Å². The lowest BCUT2D eigenvalue weighted by atomic mass is 10.1. The monoisotopic (exact) mass is 392 g/mol. The maximum absolute atomic E-state index is 12.8. The third-order valence-corrected chi connectivity index (χ3v) is 6.23. The van der Waals surface area contributed by atoms with Crippen molar-refractivity contribution >= 4 is 33.4 Å². The van der Waals surface area contributed by atoms with E-state index in [0.29, 0.717) is 6.42 Å². The highest BCUT2D eigenvalue weighted by Crippen LogP contribution is 2.35. The molecule has 6 nitrogen and oxygen atoms in total. The highest BCUT2D eigenvalue weighted by atomic mass is 32.2. The minimum absolute atomic E-state index is 0.0319. The SMILES string of the molecule is COc1ccccc1SCC(=O)N1c2ccc(S(N)(=O)=O)cc2CC1C. The first kappa shape index (κ1) is 18.8. The van der Waals surface area contributed by atoms with Crippen molar-refractivity contribution in [2.45, 2.75) is 29.2 Å². The Labute approximate surface area is 157 Å². The van der Waals surface area contributed by atoms with Gasteiger partial charge in [0.1, 0.15) is 5.75 Å². The number of methoxy groups -OCH3 is 1. The topological polar surface area (TPSA) is 89.7 Å². The summed E-state index contributed by atoms with van der Waals surface area (Å²) in [5.41, 5.74) is 1.56. The zero-order chi connectivity index (χ0) is 18.9. The van der Waals surface area contributed by atoms with Gasteiger partial charge in [-0.25, -0.2) is 13.6 Å². The van der Waals surface area contributed by atoms with Crippen LogP contribution in [0.1, 0.15) is 12.5 Å². The number of para-hydroxylation sites is 1. The van der Waals surface area contributed by atoms with Crippen LogP contribution < -0.4 is 14.8 Å². The average Bonchev–Trinajstić information content (AvgIpc) is 2.94. The lowest BCUT2D eigenvalue weighted by Crippen LogP contribution is -2.36. The van der Waals surface area contributed by atoms with Crippen LogP contribution in [0, 0.1) is 0 Å². The number of amides is 1. The lowest BCUT2D eigenvalue weighted by Gasteiger charge is -2.22. The Balaban J connectivity index is 1.79. The molecule has 26 heavy (non-hydrogen) atoms. The zero-order valence-electron chi connectivity index (χ0n) is 14.5. The number of hydrogen-bond acceptors (Lipinski definition) is 5. The van der Waals surface area contributed by atoms with Gasteiger partial charge in [0, 0.05) is 16.6 Å². The van der Waals surface area contributed by atoms with Crippen LogP contribution in [0.25, 0.3) is 0 Å². The summed E-state index contributed by atoms with van der Waals surface area (Å²) in [5.74, 6) is 0.967. The quantitative estimate of drug-likeness (QED) is 0.789. The van der Waals surface area contributed by atoms with E-state index in [2.05, 4.69) is 0 Å². The van der Waals surface area contributed by atoms with Crippen LogP contribution in [-0.2, 0) is 21.2 Å². The predicted molar refractivity (Wildman–Crippen MR) is 102 cm³/mol. The molecule has 1 heterocycles. The fraction of sp³-hybridized carbons (Fsp3) is 0.278. The second-order valence-electron chi connectivity index (χ2n) is 6.09. The van der Waals surface area contributed by atoms with E-state index in [9.17, 15) is 13.2 Å². The van der Waals surface area contributed by atoms with Crippen LogP contribution >= 0.6 is 11.8 Å². The standard InChI is InChI=1S/C18H20N2O4S2/c1-12-9-13-10-14(26(19,22)23)7-8-15(13)20(12)18(21)11-25-17-6-4-3-5-16(17)24-2/h3-8,10,12H,9,11H2,1-2H3,(H2,19,22,23). The van der Waals surface area contributed by atoms with Crippen LogP contribution in [0.3, 0.4) is 0 Å². The predicted octanol–water partition coefficient (Wildman–Crippen LogP) is 2.41. The fourth-order valence-corrected chi connectivity index (χ4v) is 4.56. The van der Waals surface area contributed by atoms with Crippen LogP contribution in [-0.4, -0.2) is 33.2 Å². The molecule has 0 radical (unpaired) electrons. The first-order valence-corrected chi connectivity index (χ1v) is 10.6. The smallest absolute Gasteiger partial charge is 0.238 e. The Bertz CT molecular complexity index is 944. The number of benzene rings is 2. The minimum Gasteiger partial charge on any atom is -0.496 e. The van der Waals surface area contributed by atoms with Gasteiger partial charge in [-0.05, 0) is 49.2 Å². The number of nitrogens with two attached hydrogens (primary N) is 1. The Hall–Kier alpha value is -2.03. The molecule has 2 N–H and O–H groups in total. The Morgan fingerprint density at radius 3 is 2.73 bits per heavy atom. The van der Waals surface area contributed by atoms with Crippen molar-refractivity contribution in [1.82, 2.24) is 0 Å². The number of carbonyl (C=O) groups is 1. The summed E-state index contributed by atoms with van der Waals surface area (Å²) in [4.78, 5) is 15.5. The Kier molecular flexibility index (Phi) is 5.27. The molecule has 3 rings (SSSR count). The van der Waals surface area contributed by atoms with Crippen LogP contribution in [0.15, 0.2) is 52.3 Å². The molecule has 138 valence electrons. The van der Waals surface area contributed by atoms with Gasteiger partial charge in [-0.1, -0.05) is 12.1 Å². The molecule has 0 aromatic heterocycles. The summed E-state index contributed by atoms with van der Waals surface area (Å²) in [5, 5.41) is 5.20. The largest absolute Gasteiger partial charge is 0.496 e.